The number of nitrogens with one attached hydrogen (secondary N) is 1. The Hall–Kier alpha value is -2.24. The first-order chi connectivity index (χ1) is 10.8. The van der Waals surface area contributed by atoms with Crippen LogP contribution in [0.2, 0.25) is 0 Å². The highest BCUT2D eigenvalue weighted by Crippen LogP contribution is 2.38. The molecule has 6 nitrogen and oxygen atoms in total. The Labute approximate surface area is 128 Å². The maximum absolute atomic E-state index is 5.70. The molecular formula is C16H19N3O3. The van der Waals surface area contributed by atoms with E-state index >= 15 is 0 Å². The molecule has 1 aliphatic carbocycles. The second-order valence-electron chi connectivity index (χ2n) is 5.84. The second-order valence-corrected chi connectivity index (χ2v) is 5.84. The molecule has 0 radical (unpaired) electrons. The van der Waals surface area contributed by atoms with Crippen molar-refractivity contribution < 1.29 is 14.0 Å². The molecule has 1 aromatic carbocycles. The van der Waals surface area contributed by atoms with Crippen molar-refractivity contribution in [2.75, 3.05) is 18.5 Å². The predicted octanol–water partition coefficient (Wildman–Crippen LogP) is 3.28. The topological polar surface area (TPSA) is 69.4 Å². The monoisotopic (exact) mass is 301 g/mol. The summed E-state index contributed by atoms with van der Waals surface area (Å²) in [4.78, 5) is 4.47. The third kappa shape index (κ3) is 2.73. The van der Waals surface area contributed by atoms with Gasteiger partial charge in [-0.15, -0.1) is 0 Å². The van der Waals surface area contributed by atoms with Gasteiger partial charge in [-0.2, -0.15) is 4.98 Å². The number of ether oxygens (including phenoxy) is 2. The number of hydrogen-bond donors (Lipinski definition) is 1. The molecule has 1 saturated carbocycles. The van der Waals surface area contributed by atoms with Gasteiger partial charge in [0.15, 0.2) is 17.3 Å². The van der Waals surface area contributed by atoms with Crippen LogP contribution in [0, 0.1) is 0 Å². The minimum absolute atomic E-state index is 0.0512. The number of aromatic nitrogens is 2. The first-order valence-electron chi connectivity index (χ1n) is 7.79. The van der Waals surface area contributed by atoms with Crippen LogP contribution in [0.15, 0.2) is 22.7 Å². The van der Waals surface area contributed by atoms with Gasteiger partial charge in [-0.1, -0.05) is 5.16 Å². The van der Waals surface area contributed by atoms with Crippen LogP contribution >= 0.6 is 0 Å². The maximum Gasteiger partial charge on any atom is 0.248 e. The molecule has 0 bridgehead atoms. The molecule has 6 heteroatoms. The third-order valence-electron chi connectivity index (χ3n) is 3.90. The molecule has 0 saturated heterocycles. The summed E-state index contributed by atoms with van der Waals surface area (Å²) in [6.45, 7) is 3.38. The lowest BCUT2D eigenvalue weighted by Crippen LogP contribution is -2.07. The lowest BCUT2D eigenvalue weighted by molar-refractivity contribution is 0.297. The fraction of sp³-hybridized carbons (Fsp3) is 0.500. The molecule has 1 aliphatic heterocycles. The SMILES string of the molecule is C[C@H](Nc1ccc2c(c1)OCCCO2)c1nc(C2CC2)no1. The lowest BCUT2D eigenvalue weighted by atomic mass is 10.2. The first-order valence-corrected chi connectivity index (χ1v) is 7.79. The van der Waals surface area contributed by atoms with Gasteiger partial charge in [-0.05, 0) is 31.9 Å². The number of fused-ring (bicyclic) bond motifs is 1. The summed E-state index contributed by atoms with van der Waals surface area (Å²) in [6.07, 6.45) is 3.24. The van der Waals surface area contributed by atoms with Crippen molar-refractivity contribution in [1.82, 2.24) is 10.1 Å². The highest BCUT2D eigenvalue weighted by molar-refractivity contribution is 5.55. The Balaban J connectivity index is 1.48. The molecule has 1 N–H and O–H groups in total. The average molecular weight is 301 g/mol. The maximum atomic E-state index is 5.70. The smallest absolute Gasteiger partial charge is 0.248 e. The molecule has 1 atom stereocenters. The highest BCUT2D eigenvalue weighted by Gasteiger charge is 2.29. The molecule has 0 unspecified atom stereocenters. The third-order valence-corrected chi connectivity index (χ3v) is 3.90. The summed E-state index contributed by atoms with van der Waals surface area (Å²) < 4.78 is 16.7. The number of benzene rings is 1. The van der Waals surface area contributed by atoms with Gasteiger partial charge in [0, 0.05) is 24.1 Å². The van der Waals surface area contributed by atoms with Crippen LogP contribution < -0.4 is 14.8 Å². The van der Waals surface area contributed by atoms with Crippen molar-refractivity contribution in [3.05, 3.63) is 29.9 Å². The van der Waals surface area contributed by atoms with Crippen LogP contribution in [0.1, 0.15) is 49.9 Å². The van der Waals surface area contributed by atoms with Crippen molar-refractivity contribution in [2.24, 2.45) is 0 Å². The molecule has 22 heavy (non-hydrogen) atoms. The number of anilines is 1. The highest BCUT2D eigenvalue weighted by atomic mass is 16.5. The van der Waals surface area contributed by atoms with Gasteiger partial charge < -0.3 is 19.3 Å². The van der Waals surface area contributed by atoms with Crippen LogP contribution in [0.3, 0.4) is 0 Å². The summed E-state index contributed by atoms with van der Waals surface area (Å²) in [5.41, 5.74) is 0.947. The van der Waals surface area contributed by atoms with E-state index in [1.54, 1.807) is 0 Å². The summed E-state index contributed by atoms with van der Waals surface area (Å²) >= 11 is 0. The Morgan fingerprint density at radius 1 is 1.18 bits per heavy atom. The van der Waals surface area contributed by atoms with E-state index in [-0.39, 0.29) is 6.04 Å². The van der Waals surface area contributed by atoms with Crippen LogP contribution in [0.4, 0.5) is 5.69 Å². The standard InChI is InChI=1S/C16H19N3O3/c1-10(16-18-15(19-22-16)11-3-4-11)17-12-5-6-13-14(9-12)21-8-2-7-20-13/h5-6,9-11,17H,2-4,7-8H2,1H3/t10-/m0/s1. The van der Waals surface area contributed by atoms with Crippen molar-refractivity contribution in [3.8, 4) is 11.5 Å². The molecule has 0 spiro atoms. The minimum Gasteiger partial charge on any atom is -0.490 e. The predicted molar refractivity (Wildman–Crippen MR) is 80.4 cm³/mol. The molecule has 1 fully saturated rings. The fourth-order valence-electron chi connectivity index (χ4n) is 2.50. The number of nitrogens with zero attached hydrogens (tertiary/aromatic N) is 2. The van der Waals surface area contributed by atoms with E-state index in [4.69, 9.17) is 14.0 Å². The second kappa shape index (κ2) is 5.51. The normalized spacial score (nSPS) is 18.6. The van der Waals surface area contributed by atoms with E-state index in [0.717, 1.165) is 29.4 Å². The number of hydrogen-bond acceptors (Lipinski definition) is 6. The molecule has 1 aromatic heterocycles. The van der Waals surface area contributed by atoms with Gasteiger partial charge in [-0.25, -0.2) is 0 Å². The number of rotatable bonds is 4. The van der Waals surface area contributed by atoms with Gasteiger partial charge in [-0.3, -0.25) is 0 Å². The quantitative estimate of drug-likeness (QED) is 0.934. The zero-order valence-corrected chi connectivity index (χ0v) is 12.5. The van der Waals surface area contributed by atoms with Gasteiger partial charge in [0.2, 0.25) is 5.89 Å². The van der Waals surface area contributed by atoms with E-state index in [9.17, 15) is 0 Å². The van der Waals surface area contributed by atoms with E-state index in [1.807, 2.05) is 25.1 Å². The molecule has 2 heterocycles. The molecule has 0 amide bonds. The Bertz CT molecular complexity index is 666. The summed E-state index contributed by atoms with van der Waals surface area (Å²) in [6, 6.07) is 5.81. The minimum atomic E-state index is -0.0512. The van der Waals surface area contributed by atoms with Crippen LogP contribution in [0.25, 0.3) is 0 Å². The first kappa shape index (κ1) is 13.4. The van der Waals surface area contributed by atoms with Gasteiger partial charge in [0.25, 0.3) is 0 Å². The van der Waals surface area contributed by atoms with Crippen molar-refractivity contribution in [1.29, 1.82) is 0 Å². The molecular weight excluding hydrogens is 282 g/mol. The summed E-state index contributed by atoms with van der Waals surface area (Å²) in [5, 5.41) is 7.42. The summed E-state index contributed by atoms with van der Waals surface area (Å²) in [7, 11) is 0. The van der Waals surface area contributed by atoms with Crippen molar-refractivity contribution in [3.63, 3.8) is 0 Å². The Morgan fingerprint density at radius 2 is 2.00 bits per heavy atom. The zero-order chi connectivity index (χ0) is 14.9. The average Bonchev–Trinajstić information content (AvgIpc) is 3.30. The van der Waals surface area contributed by atoms with Gasteiger partial charge in [0.05, 0.1) is 13.2 Å². The van der Waals surface area contributed by atoms with Crippen LogP contribution in [-0.2, 0) is 0 Å². The lowest BCUT2D eigenvalue weighted by Gasteiger charge is -2.13. The van der Waals surface area contributed by atoms with Crippen molar-refractivity contribution in [2.45, 2.75) is 38.1 Å². The van der Waals surface area contributed by atoms with E-state index in [1.165, 1.54) is 12.8 Å². The molecule has 2 aliphatic rings. The Kier molecular flexibility index (Phi) is 3.36. The van der Waals surface area contributed by atoms with E-state index in [0.29, 0.717) is 25.0 Å². The Morgan fingerprint density at radius 3 is 2.82 bits per heavy atom. The van der Waals surface area contributed by atoms with Crippen LogP contribution in [-0.4, -0.2) is 23.4 Å². The van der Waals surface area contributed by atoms with Crippen LogP contribution in [0.5, 0.6) is 11.5 Å². The van der Waals surface area contributed by atoms with Gasteiger partial charge in [0.1, 0.15) is 6.04 Å². The molecule has 2 aromatic rings. The van der Waals surface area contributed by atoms with E-state index in [2.05, 4.69) is 15.5 Å². The van der Waals surface area contributed by atoms with Gasteiger partial charge >= 0.3 is 0 Å². The zero-order valence-electron chi connectivity index (χ0n) is 12.5. The molecule has 4 rings (SSSR count). The molecule has 116 valence electrons. The van der Waals surface area contributed by atoms with Crippen molar-refractivity contribution >= 4 is 5.69 Å². The fourth-order valence-corrected chi connectivity index (χ4v) is 2.50. The summed E-state index contributed by atoms with van der Waals surface area (Å²) in [5.74, 6) is 3.53. The van der Waals surface area contributed by atoms with E-state index < -0.39 is 0 Å². The largest absolute Gasteiger partial charge is 0.490 e.